The Labute approximate surface area is 111 Å². The minimum absolute atomic E-state index is 0.0170. The van der Waals surface area contributed by atoms with Gasteiger partial charge in [-0.25, -0.2) is 4.79 Å². The van der Waals surface area contributed by atoms with Crippen molar-refractivity contribution in [1.82, 2.24) is 4.98 Å². The second-order valence-corrected chi connectivity index (χ2v) is 4.61. The minimum atomic E-state index is -0.448. The summed E-state index contributed by atoms with van der Waals surface area (Å²) in [5, 5.41) is 0. The Bertz CT molecular complexity index is 449. The predicted octanol–water partition coefficient (Wildman–Crippen LogP) is 1.87. The third-order valence-corrected chi connectivity index (χ3v) is 3.29. The smallest absolute Gasteiger partial charge is 0.339 e. The van der Waals surface area contributed by atoms with E-state index in [1.807, 2.05) is 0 Å². The highest BCUT2D eigenvalue weighted by atomic mass is 16.5. The normalized spacial score (nSPS) is 16.1. The maximum Gasteiger partial charge on any atom is 0.339 e. The molecule has 1 saturated heterocycles. The van der Waals surface area contributed by atoms with Crippen LogP contribution in [-0.2, 0) is 9.47 Å². The molecule has 0 aromatic carbocycles. The maximum absolute atomic E-state index is 12.0. The number of rotatable bonds is 4. The molecule has 2 rings (SSSR count). The molecule has 0 atom stereocenters. The zero-order valence-electron chi connectivity index (χ0n) is 10.9. The molecule has 0 unspecified atom stereocenters. The van der Waals surface area contributed by atoms with Crippen LogP contribution in [0.25, 0.3) is 0 Å². The summed E-state index contributed by atoms with van der Waals surface area (Å²) in [7, 11) is 1.31. The van der Waals surface area contributed by atoms with Gasteiger partial charge < -0.3 is 9.47 Å². The first-order valence-electron chi connectivity index (χ1n) is 6.36. The van der Waals surface area contributed by atoms with Gasteiger partial charge in [0.05, 0.1) is 12.7 Å². The summed E-state index contributed by atoms with van der Waals surface area (Å²) in [6.07, 6.45) is 3.72. The molecule has 5 nitrogen and oxygen atoms in total. The molecule has 1 aliphatic heterocycles. The van der Waals surface area contributed by atoms with Crippen LogP contribution in [0.4, 0.5) is 0 Å². The molecule has 0 spiro atoms. The Morgan fingerprint density at radius 2 is 2.11 bits per heavy atom. The van der Waals surface area contributed by atoms with E-state index >= 15 is 0 Å². The van der Waals surface area contributed by atoms with E-state index in [0.29, 0.717) is 23.6 Å². The van der Waals surface area contributed by atoms with Gasteiger partial charge in [0.1, 0.15) is 5.69 Å². The lowest BCUT2D eigenvalue weighted by atomic mass is 9.93. The van der Waals surface area contributed by atoms with Crippen LogP contribution in [0.2, 0.25) is 0 Å². The number of aromatic nitrogens is 1. The number of hydrogen-bond donors (Lipinski definition) is 0. The van der Waals surface area contributed by atoms with E-state index in [1.165, 1.54) is 13.3 Å². The number of carbonyl (C=O) groups is 2. The first kappa shape index (κ1) is 13.7. The number of carbonyl (C=O) groups excluding carboxylic acids is 2. The molecule has 2 heterocycles. The van der Waals surface area contributed by atoms with E-state index in [0.717, 1.165) is 26.1 Å². The SMILES string of the molecule is COC(=O)c1ccc(C(=O)CC2CCOCC2)nc1. The van der Waals surface area contributed by atoms with Gasteiger partial charge in [-0.3, -0.25) is 9.78 Å². The van der Waals surface area contributed by atoms with Gasteiger partial charge >= 0.3 is 5.97 Å². The molecule has 1 aromatic rings. The van der Waals surface area contributed by atoms with E-state index in [2.05, 4.69) is 9.72 Å². The van der Waals surface area contributed by atoms with Crippen LogP contribution in [0.1, 0.15) is 40.1 Å². The molecule has 1 aliphatic rings. The van der Waals surface area contributed by atoms with Crippen LogP contribution < -0.4 is 0 Å². The van der Waals surface area contributed by atoms with E-state index < -0.39 is 5.97 Å². The van der Waals surface area contributed by atoms with Gasteiger partial charge in [0.25, 0.3) is 0 Å². The molecule has 1 fully saturated rings. The number of Topliss-reactive ketones (excluding diaryl/α,β-unsaturated/α-hetero) is 1. The van der Waals surface area contributed by atoms with Crippen LogP contribution >= 0.6 is 0 Å². The molecule has 0 bridgehead atoms. The molecule has 0 amide bonds. The highest BCUT2D eigenvalue weighted by molar-refractivity contribution is 5.95. The fourth-order valence-electron chi connectivity index (χ4n) is 2.11. The highest BCUT2D eigenvalue weighted by Crippen LogP contribution is 2.20. The largest absolute Gasteiger partial charge is 0.465 e. The number of methoxy groups -OCH3 is 1. The Hall–Kier alpha value is -1.75. The summed E-state index contributed by atoms with van der Waals surface area (Å²) in [5.41, 5.74) is 0.754. The summed E-state index contributed by atoms with van der Waals surface area (Å²) in [5.74, 6) is -0.0532. The van der Waals surface area contributed by atoms with Crippen molar-refractivity contribution < 1.29 is 19.1 Å². The Morgan fingerprint density at radius 1 is 1.37 bits per heavy atom. The van der Waals surface area contributed by atoms with Crippen molar-refractivity contribution in [3.05, 3.63) is 29.6 Å². The quantitative estimate of drug-likeness (QED) is 0.613. The number of ketones is 1. The second kappa shape index (κ2) is 6.43. The van der Waals surface area contributed by atoms with Crippen molar-refractivity contribution in [1.29, 1.82) is 0 Å². The molecule has 102 valence electrons. The third-order valence-electron chi connectivity index (χ3n) is 3.29. The fraction of sp³-hybridized carbons (Fsp3) is 0.500. The third kappa shape index (κ3) is 3.61. The van der Waals surface area contributed by atoms with Crippen LogP contribution in [0.15, 0.2) is 18.3 Å². The Kier molecular flexibility index (Phi) is 4.63. The van der Waals surface area contributed by atoms with Crippen molar-refractivity contribution in [3.8, 4) is 0 Å². The average Bonchev–Trinajstić information content (AvgIpc) is 2.47. The van der Waals surface area contributed by atoms with Crippen molar-refractivity contribution >= 4 is 11.8 Å². The van der Waals surface area contributed by atoms with Gasteiger partial charge in [0.2, 0.25) is 0 Å². The zero-order chi connectivity index (χ0) is 13.7. The monoisotopic (exact) mass is 263 g/mol. The van der Waals surface area contributed by atoms with Gasteiger partial charge in [-0.15, -0.1) is 0 Å². The lowest BCUT2D eigenvalue weighted by Crippen LogP contribution is -2.19. The summed E-state index contributed by atoms with van der Waals surface area (Å²) in [4.78, 5) is 27.3. The standard InChI is InChI=1S/C14H17NO4/c1-18-14(17)11-2-3-12(15-9-11)13(16)8-10-4-6-19-7-5-10/h2-3,9-10H,4-8H2,1H3. The second-order valence-electron chi connectivity index (χ2n) is 4.61. The van der Waals surface area contributed by atoms with Crippen LogP contribution in [0.5, 0.6) is 0 Å². The van der Waals surface area contributed by atoms with Crippen LogP contribution in [0, 0.1) is 5.92 Å². The van der Waals surface area contributed by atoms with E-state index in [-0.39, 0.29) is 5.78 Å². The predicted molar refractivity (Wildman–Crippen MR) is 68.1 cm³/mol. The molecule has 1 aromatic heterocycles. The van der Waals surface area contributed by atoms with Crippen molar-refractivity contribution in [2.75, 3.05) is 20.3 Å². The Balaban J connectivity index is 1.97. The first-order chi connectivity index (χ1) is 9.20. The number of esters is 1. The van der Waals surface area contributed by atoms with Crippen molar-refractivity contribution in [3.63, 3.8) is 0 Å². The number of hydrogen-bond acceptors (Lipinski definition) is 5. The summed E-state index contributed by atoms with van der Waals surface area (Å²) >= 11 is 0. The van der Waals surface area contributed by atoms with Gasteiger partial charge in [0.15, 0.2) is 5.78 Å². The van der Waals surface area contributed by atoms with Gasteiger partial charge in [-0.05, 0) is 30.9 Å². The van der Waals surface area contributed by atoms with E-state index in [4.69, 9.17) is 4.74 Å². The molecule has 0 saturated carbocycles. The fourth-order valence-corrected chi connectivity index (χ4v) is 2.11. The summed E-state index contributed by atoms with van der Waals surface area (Å²) in [6, 6.07) is 3.14. The molecular weight excluding hydrogens is 246 g/mol. The zero-order valence-corrected chi connectivity index (χ0v) is 10.9. The summed E-state index contributed by atoms with van der Waals surface area (Å²) < 4.78 is 9.84. The lowest BCUT2D eigenvalue weighted by Gasteiger charge is -2.20. The summed E-state index contributed by atoms with van der Waals surface area (Å²) in [6.45, 7) is 1.46. The average molecular weight is 263 g/mol. The van der Waals surface area contributed by atoms with Crippen LogP contribution in [0.3, 0.4) is 0 Å². The first-order valence-corrected chi connectivity index (χ1v) is 6.36. The lowest BCUT2D eigenvalue weighted by molar-refractivity contribution is 0.0590. The Morgan fingerprint density at radius 3 is 2.68 bits per heavy atom. The number of ether oxygens (including phenoxy) is 2. The van der Waals surface area contributed by atoms with Gasteiger partial charge in [0, 0.05) is 25.8 Å². The molecule has 0 aliphatic carbocycles. The van der Waals surface area contributed by atoms with Gasteiger partial charge in [-0.1, -0.05) is 0 Å². The molecule has 0 N–H and O–H groups in total. The number of pyridine rings is 1. The molecule has 0 radical (unpaired) electrons. The molecular formula is C14H17NO4. The maximum atomic E-state index is 12.0. The van der Waals surface area contributed by atoms with Crippen LogP contribution in [-0.4, -0.2) is 37.1 Å². The van der Waals surface area contributed by atoms with Crippen molar-refractivity contribution in [2.24, 2.45) is 5.92 Å². The van der Waals surface area contributed by atoms with Crippen molar-refractivity contribution in [2.45, 2.75) is 19.3 Å². The topological polar surface area (TPSA) is 65.5 Å². The van der Waals surface area contributed by atoms with Gasteiger partial charge in [-0.2, -0.15) is 0 Å². The number of nitrogens with zero attached hydrogens (tertiary/aromatic N) is 1. The molecule has 19 heavy (non-hydrogen) atoms. The molecule has 5 heteroatoms. The van der Waals surface area contributed by atoms with E-state index in [9.17, 15) is 9.59 Å². The minimum Gasteiger partial charge on any atom is -0.465 e. The van der Waals surface area contributed by atoms with E-state index in [1.54, 1.807) is 12.1 Å². The highest BCUT2D eigenvalue weighted by Gasteiger charge is 2.19.